The van der Waals surface area contributed by atoms with Gasteiger partial charge in [0.15, 0.2) is 11.9 Å². The Hall–Kier alpha value is -3.28. The minimum atomic E-state index is -0.799. The Kier molecular flexibility index (Phi) is 7.00. The average molecular weight is 424 g/mol. The van der Waals surface area contributed by atoms with Crippen LogP contribution >= 0.6 is 0 Å². The SMILES string of the molecule is COc1ccc(-c2nc(C(C)C)c(C(C)Oc3ccc(CCC(=O)O)c(C)c3)o2)cc1. The van der Waals surface area contributed by atoms with E-state index in [9.17, 15) is 4.79 Å². The van der Waals surface area contributed by atoms with Crippen molar-refractivity contribution in [2.24, 2.45) is 0 Å². The second-order valence-electron chi connectivity index (χ2n) is 7.89. The van der Waals surface area contributed by atoms with E-state index < -0.39 is 5.97 Å². The summed E-state index contributed by atoms with van der Waals surface area (Å²) in [5.41, 5.74) is 3.76. The number of carboxylic acid groups (broad SMARTS) is 1. The number of oxazole rings is 1. The van der Waals surface area contributed by atoms with Crippen molar-refractivity contribution in [1.82, 2.24) is 4.98 Å². The van der Waals surface area contributed by atoms with Gasteiger partial charge in [0, 0.05) is 12.0 Å². The van der Waals surface area contributed by atoms with E-state index in [1.807, 2.05) is 56.3 Å². The van der Waals surface area contributed by atoms with Gasteiger partial charge in [0.2, 0.25) is 5.89 Å². The van der Waals surface area contributed by atoms with Crippen LogP contribution in [-0.4, -0.2) is 23.2 Å². The number of aliphatic carboxylic acids is 1. The zero-order valence-electron chi connectivity index (χ0n) is 18.6. The Bertz CT molecular complexity index is 1040. The molecule has 0 radical (unpaired) electrons. The van der Waals surface area contributed by atoms with E-state index in [-0.39, 0.29) is 18.4 Å². The minimum absolute atomic E-state index is 0.112. The molecule has 0 spiro atoms. The molecule has 0 aliphatic carbocycles. The number of carboxylic acids is 1. The summed E-state index contributed by atoms with van der Waals surface area (Å²) in [4.78, 5) is 15.6. The largest absolute Gasteiger partial charge is 0.497 e. The summed E-state index contributed by atoms with van der Waals surface area (Å²) in [6.45, 7) is 8.06. The molecule has 0 saturated carbocycles. The highest BCUT2D eigenvalue weighted by Gasteiger charge is 2.23. The molecule has 3 aromatic rings. The molecule has 1 aromatic heterocycles. The normalized spacial score (nSPS) is 12.1. The van der Waals surface area contributed by atoms with Gasteiger partial charge in [-0.15, -0.1) is 0 Å². The van der Waals surface area contributed by atoms with Gasteiger partial charge >= 0.3 is 5.97 Å². The molecule has 31 heavy (non-hydrogen) atoms. The Morgan fingerprint density at radius 2 is 1.77 bits per heavy atom. The number of methoxy groups -OCH3 is 1. The highest BCUT2D eigenvalue weighted by molar-refractivity contribution is 5.67. The van der Waals surface area contributed by atoms with Gasteiger partial charge in [0.25, 0.3) is 0 Å². The maximum atomic E-state index is 10.8. The number of ether oxygens (including phenoxy) is 2. The van der Waals surface area contributed by atoms with E-state index in [4.69, 9.17) is 24.0 Å². The second kappa shape index (κ2) is 9.69. The summed E-state index contributed by atoms with van der Waals surface area (Å²) >= 11 is 0. The number of rotatable bonds is 9. The highest BCUT2D eigenvalue weighted by atomic mass is 16.5. The molecule has 0 aliphatic rings. The Balaban J connectivity index is 1.82. The van der Waals surface area contributed by atoms with Crippen molar-refractivity contribution in [3.8, 4) is 23.0 Å². The zero-order valence-corrected chi connectivity index (χ0v) is 18.6. The molecule has 1 unspecified atom stereocenters. The third kappa shape index (κ3) is 5.45. The van der Waals surface area contributed by atoms with Crippen molar-refractivity contribution < 1.29 is 23.8 Å². The summed E-state index contributed by atoms with van der Waals surface area (Å²) in [5.74, 6) is 2.12. The third-order valence-corrected chi connectivity index (χ3v) is 5.17. The average Bonchev–Trinajstić information content (AvgIpc) is 3.19. The quantitative estimate of drug-likeness (QED) is 0.459. The number of aryl methyl sites for hydroxylation is 2. The first-order chi connectivity index (χ1) is 14.8. The number of hydrogen-bond donors (Lipinski definition) is 1. The molecule has 1 atom stereocenters. The first kappa shape index (κ1) is 22.4. The Labute approximate surface area is 182 Å². The molecule has 164 valence electrons. The standard InChI is InChI=1S/C25H29NO5/c1-15(2)23-24(31-25(26-23)19-7-10-20(29-5)11-8-19)17(4)30-21-12-6-18(16(3)14-21)9-13-22(27)28/h6-8,10-12,14-15,17H,9,13H2,1-5H3,(H,27,28). The monoisotopic (exact) mass is 423 g/mol. The minimum Gasteiger partial charge on any atom is -0.497 e. The van der Waals surface area contributed by atoms with Crippen LogP contribution in [0.1, 0.15) is 61.8 Å². The number of hydrogen-bond acceptors (Lipinski definition) is 5. The molecule has 0 saturated heterocycles. The van der Waals surface area contributed by atoms with Crippen LogP contribution in [-0.2, 0) is 11.2 Å². The first-order valence-corrected chi connectivity index (χ1v) is 10.4. The van der Waals surface area contributed by atoms with Crippen molar-refractivity contribution in [3.63, 3.8) is 0 Å². The summed E-state index contributed by atoms with van der Waals surface area (Å²) < 4.78 is 17.5. The van der Waals surface area contributed by atoms with Crippen LogP contribution in [0.5, 0.6) is 11.5 Å². The van der Waals surface area contributed by atoms with E-state index in [1.165, 1.54) is 0 Å². The van der Waals surface area contributed by atoms with Crippen LogP contribution in [0.15, 0.2) is 46.9 Å². The van der Waals surface area contributed by atoms with E-state index in [2.05, 4.69) is 13.8 Å². The van der Waals surface area contributed by atoms with Gasteiger partial charge in [-0.2, -0.15) is 0 Å². The molecule has 0 bridgehead atoms. The first-order valence-electron chi connectivity index (χ1n) is 10.4. The summed E-state index contributed by atoms with van der Waals surface area (Å²) in [5, 5.41) is 8.90. The topological polar surface area (TPSA) is 81.8 Å². The van der Waals surface area contributed by atoms with Crippen LogP contribution in [0.25, 0.3) is 11.5 Å². The van der Waals surface area contributed by atoms with Crippen molar-refractivity contribution in [3.05, 3.63) is 65.0 Å². The Morgan fingerprint density at radius 1 is 1.10 bits per heavy atom. The number of benzene rings is 2. The highest BCUT2D eigenvalue weighted by Crippen LogP contribution is 2.33. The number of aromatic nitrogens is 1. The molecule has 3 rings (SSSR count). The van der Waals surface area contributed by atoms with E-state index in [0.29, 0.717) is 23.8 Å². The van der Waals surface area contributed by atoms with Gasteiger partial charge in [-0.3, -0.25) is 4.79 Å². The molecule has 1 N–H and O–H groups in total. The van der Waals surface area contributed by atoms with Gasteiger partial charge in [-0.25, -0.2) is 4.98 Å². The molecule has 6 nitrogen and oxygen atoms in total. The predicted octanol–water partition coefficient (Wildman–Crippen LogP) is 5.94. The molecule has 2 aromatic carbocycles. The lowest BCUT2D eigenvalue weighted by Crippen LogP contribution is -2.06. The van der Waals surface area contributed by atoms with Crippen LogP contribution in [0.2, 0.25) is 0 Å². The summed E-state index contributed by atoms with van der Waals surface area (Å²) in [7, 11) is 1.63. The van der Waals surface area contributed by atoms with Crippen molar-refractivity contribution in [2.75, 3.05) is 7.11 Å². The molecular weight excluding hydrogens is 394 g/mol. The lowest BCUT2D eigenvalue weighted by atomic mass is 10.0. The Morgan fingerprint density at radius 3 is 2.35 bits per heavy atom. The fourth-order valence-corrected chi connectivity index (χ4v) is 3.43. The van der Waals surface area contributed by atoms with E-state index in [0.717, 1.165) is 28.1 Å². The van der Waals surface area contributed by atoms with E-state index >= 15 is 0 Å². The molecule has 6 heteroatoms. The number of carbonyl (C=O) groups is 1. The maximum absolute atomic E-state index is 10.8. The maximum Gasteiger partial charge on any atom is 0.303 e. The molecule has 0 fully saturated rings. The van der Waals surface area contributed by atoms with Crippen LogP contribution < -0.4 is 9.47 Å². The van der Waals surface area contributed by atoms with Gasteiger partial charge < -0.3 is 19.0 Å². The lowest BCUT2D eigenvalue weighted by Gasteiger charge is -2.16. The van der Waals surface area contributed by atoms with Crippen molar-refractivity contribution >= 4 is 5.97 Å². The number of nitrogens with zero attached hydrogens (tertiary/aromatic N) is 1. The fraction of sp³-hybridized carbons (Fsp3) is 0.360. The second-order valence-corrected chi connectivity index (χ2v) is 7.89. The smallest absolute Gasteiger partial charge is 0.303 e. The molecular formula is C25H29NO5. The zero-order chi connectivity index (χ0) is 22.5. The predicted molar refractivity (Wildman–Crippen MR) is 119 cm³/mol. The molecule has 1 heterocycles. The van der Waals surface area contributed by atoms with Gasteiger partial charge in [0.1, 0.15) is 11.5 Å². The van der Waals surface area contributed by atoms with Crippen LogP contribution in [0.3, 0.4) is 0 Å². The molecule has 0 aliphatic heterocycles. The van der Waals surface area contributed by atoms with Crippen molar-refractivity contribution in [2.45, 2.75) is 52.6 Å². The third-order valence-electron chi connectivity index (χ3n) is 5.17. The summed E-state index contributed by atoms with van der Waals surface area (Å²) in [6, 6.07) is 13.3. The fourth-order valence-electron chi connectivity index (χ4n) is 3.43. The van der Waals surface area contributed by atoms with Crippen LogP contribution in [0.4, 0.5) is 0 Å². The lowest BCUT2D eigenvalue weighted by molar-refractivity contribution is -0.136. The van der Waals surface area contributed by atoms with Gasteiger partial charge in [-0.05, 0) is 73.7 Å². The van der Waals surface area contributed by atoms with Crippen LogP contribution in [0, 0.1) is 6.92 Å². The molecule has 0 amide bonds. The van der Waals surface area contributed by atoms with Gasteiger partial charge in [-0.1, -0.05) is 19.9 Å². The van der Waals surface area contributed by atoms with Crippen molar-refractivity contribution in [1.29, 1.82) is 0 Å². The van der Waals surface area contributed by atoms with Gasteiger partial charge in [0.05, 0.1) is 12.8 Å². The summed E-state index contributed by atoms with van der Waals surface area (Å²) in [6.07, 6.45) is 0.282. The van der Waals surface area contributed by atoms with E-state index in [1.54, 1.807) is 7.11 Å².